The predicted octanol–water partition coefficient (Wildman–Crippen LogP) is 5.42. The van der Waals surface area contributed by atoms with Crippen LogP contribution in [-0.4, -0.2) is 11.7 Å². The number of hydrogen-bond donors (Lipinski definition) is 1. The van der Waals surface area contributed by atoms with Crippen LogP contribution < -0.4 is 5.32 Å². The van der Waals surface area contributed by atoms with Gasteiger partial charge in [0.1, 0.15) is 0 Å². The Labute approximate surface area is 161 Å². The minimum Gasteiger partial charge on any atom is -0.326 e. The smallest absolute Gasteiger partial charge is 0.231 e. The second-order valence-electron chi connectivity index (χ2n) is 6.04. The summed E-state index contributed by atoms with van der Waals surface area (Å²) >= 11 is 3.37. The number of hydrogen-bond acceptors (Lipinski definition) is 2. The number of carbonyl (C=O) groups is 2. The fourth-order valence-electron chi connectivity index (χ4n) is 2.64. The molecular formula is C22H18BrNO2. The molecule has 0 radical (unpaired) electrons. The van der Waals surface area contributed by atoms with Gasteiger partial charge in [0.15, 0.2) is 5.78 Å². The molecule has 0 heterocycles. The summed E-state index contributed by atoms with van der Waals surface area (Å²) in [6.45, 7) is 1.83. The number of carbonyl (C=O) groups excluding carboxylic acids is 2. The highest BCUT2D eigenvalue weighted by atomic mass is 79.9. The maximum Gasteiger partial charge on any atom is 0.231 e. The van der Waals surface area contributed by atoms with E-state index >= 15 is 0 Å². The van der Waals surface area contributed by atoms with Gasteiger partial charge in [-0.3, -0.25) is 9.59 Å². The van der Waals surface area contributed by atoms with Crippen molar-refractivity contribution in [2.24, 2.45) is 0 Å². The molecule has 1 N–H and O–H groups in total. The summed E-state index contributed by atoms with van der Waals surface area (Å²) in [5.74, 6) is -0.535. The molecule has 3 aromatic carbocycles. The van der Waals surface area contributed by atoms with Crippen LogP contribution in [0.5, 0.6) is 0 Å². The average molecular weight is 408 g/mol. The highest BCUT2D eigenvalue weighted by Crippen LogP contribution is 2.21. The molecule has 0 aliphatic rings. The zero-order chi connectivity index (χ0) is 18.5. The fourth-order valence-corrected chi connectivity index (χ4v) is 2.90. The maximum atomic E-state index is 12.6. The van der Waals surface area contributed by atoms with E-state index in [4.69, 9.17) is 0 Å². The van der Waals surface area contributed by atoms with Crippen LogP contribution >= 0.6 is 15.9 Å². The molecule has 26 heavy (non-hydrogen) atoms. The van der Waals surface area contributed by atoms with E-state index < -0.39 is 0 Å². The van der Waals surface area contributed by atoms with Gasteiger partial charge in [-0.2, -0.15) is 0 Å². The summed E-state index contributed by atoms with van der Waals surface area (Å²) in [7, 11) is 0. The molecule has 0 saturated heterocycles. The van der Waals surface area contributed by atoms with Gasteiger partial charge in [-0.05, 0) is 42.8 Å². The third kappa shape index (κ3) is 4.27. The average Bonchev–Trinajstić information content (AvgIpc) is 2.69. The fraction of sp³-hybridized carbons (Fsp3) is 0.0909. The van der Waals surface area contributed by atoms with Crippen molar-refractivity contribution in [1.29, 1.82) is 0 Å². The van der Waals surface area contributed by atoms with E-state index in [1.807, 2.05) is 61.5 Å². The molecular weight excluding hydrogens is 390 g/mol. The third-order valence-electron chi connectivity index (χ3n) is 4.19. The van der Waals surface area contributed by atoms with Crippen molar-refractivity contribution in [3.8, 4) is 0 Å². The van der Waals surface area contributed by atoms with Crippen LogP contribution in [-0.2, 0) is 4.79 Å². The van der Waals surface area contributed by atoms with Crippen LogP contribution in [0.15, 0.2) is 83.3 Å². The van der Waals surface area contributed by atoms with E-state index in [1.54, 1.807) is 24.3 Å². The normalized spacial score (nSPS) is 11.6. The van der Waals surface area contributed by atoms with E-state index in [0.29, 0.717) is 11.1 Å². The van der Waals surface area contributed by atoms with Gasteiger partial charge in [0.05, 0.1) is 5.92 Å². The molecule has 0 bridgehead atoms. The van der Waals surface area contributed by atoms with Crippen LogP contribution in [0.2, 0.25) is 0 Å². The lowest BCUT2D eigenvalue weighted by Crippen LogP contribution is -2.19. The monoisotopic (exact) mass is 407 g/mol. The molecule has 3 nitrogen and oxygen atoms in total. The highest BCUT2D eigenvalue weighted by molar-refractivity contribution is 9.10. The summed E-state index contributed by atoms with van der Waals surface area (Å²) in [6.07, 6.45) is 0. The minimum atomic E-state index is -0.373. The molecule has 0 unspecified atom stereocenters. The van der Waals surface area contributed by atoms with E-state index in [9.17, 15) is 9.59 Å². The first-order valence-electron chi connectivity index (χ1n) is 8.31. The van der Waals surface area contributed by atoms with Crippen LogP contribution in [0, 0.1) is 0 Å². The quantitative estimate of drug-likeness (QED) is 0.573. The first-order chi connectivity index (χ1) is 12.5. The molecule has 0 aliphatic heterocycles. The largest absolute Gasteiger partial charge is 0.326 e. The Balaban J connectivity index is 1.77. The van der Waals surface area contributed by atoms with Gasteiger partial charge in [0, 0.05) is 21.3 Å². The lowest BCUT2D eigenvalue weighted by Gasteiger charge is -2.14. The zero-order valence-corrected chi connectivity index (χ0v) is 15.9. The Kier molecular flexibility index (Phi) is 5.64. The van der Waals surface area contributed by atoms with Gasteiger partial charge in [0.2, 0.25) is 5.91 Å². The summed E-state index contributed by atoms with van der Waals surface area (Å²) in [5, 5.41) is 2.90. The third-order valence-corrected chi connectivity index (χ3v) is 4.72. The number of benzene rings is 3. The molecule has 3 aromatic rings. The standard InChI is InChI=1S/C22H18BrNO2/c1-15(22(26)24-20-12-10-19(23)11-13-20)17-8-5-9-18(14-17)21(25)16-6-3-2-4-7-16/h2-15H,1H3,(H,24,26)/t15-/m1/s1. The van der Waals surface area contributed by atoms with Crippen molar-refractivity contribution in [3.63, 3.8) is 0 Å². The van der Waals surface area contributed by atoms with Crippen molar-refractivity contribution < 1.29 is 9.59 Å². The SMILES string of the molecule is C[C@@H](C(=O)Nc1ccc(Br)cc1)c1cccc(C(=O)c2ccccc2)c1. The van der Waals surface area contributed by atoms with Gasteiger partial charge >= 0.3 is 0 Å². The van der Waals surface area contributed by atoms with Crippen molar-refractivity contribution in [2.75, 3.05) is 5.32 Å². The number of rotatable bonds is 5. The summed E-state index contributed by atoms with van der Waals surface area (Å²) < 4.78 is 0.954. The molecule has 0 aromatic heterocycles. The van der Waals surface area contributed by atoms with E-state index in [2.05, 4.69) is 21.2 Å². The number of ketones is 1. The Morgan fingerprint density at radius 1 is 0.846 bits per heavy atom. The van der Waals surface area contributed by atoms with Crippen LogP contribution in [0.3, 0.4) is 0 Å². The zero-order valence-electron chi connectivity index (χ0n) is 14.3. The predicted molar refractivity (Wildman–Crippen MR) is 108 cm³/mol. The molecule has 1 atom stereocenters. The molecule has 0 spiro atoms. The topological polar surface area (TPSA) is 46.2 Å². The number of halogens is 1. The van der Waals surface area contributed by atoms with Crippen LogP contribution in [0.25, 0.3) is 0 Å². The van der Waals surface area contributed by atoms with Gasteiger partial charge in [0.25, 0.3) is 0 Å². The highest BCUT2D eigenvalue weighted by Gasteiger charge is 2.17. The second-order valence-corrected chi connectivity index (χ2v) is 6.95. The summed E-state index contributed by atoms with van der Waals surface area (Å²) in [6, 6.07) is 23.8. The number of nitrogens with one attached hydrogen (secondary N) is 1. The molecule has 3 rings (SSSR count). The van der Waals surface area contributed by atoms with Gasteiger partial charge in [-0.15, -0.1) is 0 Å². The van der Waals surface area contributed by atoms with E-state index in [-0.39, 0.29) is 17.6 Å². The molecule has 0 aliphatic carbocycles. The van der Waals surface area contributed by atoms with Gasteiger partial charge in [-0.25, -0.2) is 0 Å². The Bertz CT molecular complexity index is 920. The number of amides is 1. The second kappa shape index (κ2) is 8.11. The Morgan fingerprint density at radius 3 is 2.19 bits per heavy atom. The molecule has 1 amide bonds. The molecule has 0 fully saturated rings. The van der Waals surface area contributed by atoms with Crippen molar-refractivity contribution in [1.82, 2.24) is 0 Å². The number of anilines is 1. The first-order valence-corrected chi connectivity index (χ1v) is 9.10. The lowest BCUT2D eigenvalue weighted by atomic mass is 9.95. The van der Waals surface area contributed by atoms with Crippen molar-refractivity contribution >= 4 is 33.3 Å². The van der Waals surface area contributed by atoms with Gasteiger partial charge in [-0.1, -0.05) is 64.5 Å². The van der Waals surface area contributed by atoms with Gasteiger partial charge < -0.3 is 5.32 Å². The van der Waals surface area contributed by atoms with Crippen LogP contribution in [0.1, 0.15) is 34.3 Å². The molecule has 130 valence electrons. The minimum absolute atomic E-state index is 0.0482. The Hall–Kier alpha value is -2.72. The lowest BCUT2D eigenvalue weighted by molar-refractivity contribution is -0.117. The Morgan fingerprint density at radius 2 is 1.50 bits per heavy atom. The molecule has 0 saturated carbocycles. The summed E-state index contributed by atoms with van der Waals surface area (Å²) in [5.41, 5.74) is 2.76. The van der Waals surface area contributed by atoms with E-state index in [0.717, 1.165) is 15.7 Å². The molecule has 4 heteroatoms. The van der Waals surface area contributed by atoms with Crippen molar-refractivity contribution in [3.05, 3.63) is 100 Å². The van der Waals surface area contributed by atoms with Crippen molar-refractivity contribution in [2.45, 2.75) is 12.8 Å². The van der Waals surface area contributed by atoms with E-state index in [1.165, 1.54) is 0 Å². The van der Waals surface area contributed by atoms with Crippen LogP contribution in [0.4, 0.5) is 5.69 Å². The first kappa shape index (κ1) is 18.1. The summed E-state index contributed by atoms with van der Waals surface area (Å²) in [4.78, 5) is 25.2. The maximum absolute atomic E-state index is 12.6.